The van der Waals surface area contributed by atoms with Gasteiger partial charge in [0.2, 0.25) is 0 Å². The Labute approximate surface area is 176 Å². The van der Waals surface area contributed by atoms with Crippen molar-refractivity contribution in [2.24, 2.45) is 16.8 Å². The van der Waals surface area contributed by atoms with E-state index in [1.807, 2.05) is 12.2 Å². The third-order valence-electron chi connectivity index (χ3n) is 5.58. The molecule has 0 saturated heterocycles. The fourth-order valence-electron chi connectivity index (χ4n) is 3.71. The highest BCUT2D eigenvalue weighted by atomic mass is 16.5. The third-order valence-corrected chi connectivity index (χ3v) is 5.58. The number of hydrogen-bond acceptors (Lipinski definition) is 5. The van der Waals surface area contributed by atoms with Crippen molar-refractivity contribution in [3.63, 3.8) is 0 Å². The van der Waals surface area contributed by atoms with Crippen molar-refractivity contribution >= 4 is 11.7 Å². The van der Waals surface area contributed by atoms with E-state index in [9.17, 15) is 4.79 Å². The maximum atomic E-state index is 11.3. The van der Waals surface area contributed by atoms with Gasteiger partial charge in [0.15, 0.2) is 0 Å². The Hall–Kier alpha value is -1.92. The predicted octanol–water partition coefficient (Wildman–Crippen LogP) is 3.76. The Balaban J connectivity index is 2.14. The molecule has 2 rings (SSSR count). The van der Waals surface area contributed by atoms with Crippen LogP contribution in [0.4, 0.5) is 0 Å². The molecule has 2 heterocycles. The average molecular weight is 403 g/mol. The summed E-state index contributed by atoms with van der Waals surface area (Å²) >= 11 is 0. The van der Waals surface area contributed by atoms with Crippen LogP contribution in [0.2, 0.25) is 0 Å². The first-order valence-electron chi connectivity index (χ1n) is 10.9. The summed E-state index contributed by atoms with van der Waals surface area (Å²) in [5, 5.41) is 8.65. The van der Waals surface area contributed by atoms with Crippen LogP contribution in [0.5, 0.6) is 0 Å². The van der Waals surface area contributed by atoms with Crippen molar-refractivity contribution in [2.75, 3.05) is 19.6 Å². The van der Waals surface area contributed by atoms with Crippen LogP contribution in [0.25, 0.3) is 0 Å². The zero-order valence-corrected chi connectivity index (χ0v) is 18.6. The molecule has 0 spiro atoms. The number of allylic oxidation sites excluding steroid dienone is 3. The summed E-state index contributed by atoms with van der Waals surface area (Å²) in [6, 6.07) is 0.625. The summed E-state index contributed by atoms with van der Waals surface area (Å²) in [5.41, 5.74) is 2.52. The molecular weight excluding hydrogens is 364 g/mol. The number of amides is 1. The number of nitrogens with zero attached hydrogens (tertiary/aromatic N) is 3. The highest BCUT2D eigenvalue weighted by Gasteiger charge is 2.36. The van der Waals surface area contributed by atoms with Crippen LogP contribution < -0.4 is 5.48 Å². The second-order valence-electron chi connectivity index (χ2n) is 8.85. The second kappa shape index (κ2) is 11.3. The number of fused-ring (bicyclic) bond motifs is 1. The summed E-state index contributed by atoms with van der Waals surface area (Å²) in [6.07, 6.45) is 12.6. The number of likely N-dealkylation sites (N-methyl/N-ethyl adjacent to an activating group) is 1. The van der Waals surface area contributed by atoms with Gasteiger partial charge in [-0.25, -0.2) is 5.48 Å². The summed E-state index contributed by atoms with van der Waals surface area (Å²) in [4.78, 5) is 21.1. The van der Waals surface area contributed by atoms with E-state index < -0.39 is 5.91 Å². The Kier molecular flexibility index (Phi) is 9.11. The van der Waals surface area contributed by atoms with Crippen molar-refractivity contribution in [1.29, 1.82) is 0 Å². The molecule has 2 atom stereocenters. The molecule has 0 fully saturated rings. The lowest BCUT2D eigenvalue weighted by atomic mass is 9.97. The van der Waals surface area contributed by atoms with Gasteiger partial charge in [0.25, 0.3) is 5.91 Å². The normalized spacial score (nSPS) is 21.3. The summed E-state index contributed by atoms with van der Waals surface area (Å²) < 4.78 is 0. The molecule has 1 amide bonds. The molecule has 0 aromatic heterocycles. The van der Waals surface area contributed by atoms with Gasteiger partial charge in [-0.1, -0.05) is 34.6 Å². The van der Waals surface area contributed by atoms with Crippen LogP contribution in [0.15, 0.2) is 41.1 Å². The van der Waals surface area contributed by atoms with Gasteiger partial charge < -0.3 is 9.80 Å². The zero-order chi connectivity index (χ0) is 21.4. The lowest BCUT2D eigenvalue weighted by Crippen LogP contribution is -2.46. The number of amidine groups is 1. The molecule has 0 bridgehead atoms. The van der Waals surface area contributed by atoms with Crippen LogP contribution >= 0.6 is 0 Å². The van der Waals surface area contributed by atoms with Crippen molar-refractivity contribution in [2.45, 2.75) is 66.0 Å². The molecular formula is C23H38N4O2. The maximum Gasteiger partial charge on any atom is 0.267 e. The molecule has 6 heteroatoms. The van der Waals surface area contributed by atoms with Gasteiger partial charge in [-0.2, -0.15) is 0 Å². The van der Waals surface area contributed by atoms with E-state index in [0.29, 0.717) is 17.9 Å². The number of hydroxylamine groups is 1. The van der Waals surface area contributed by atoms with Crippen LogP contribution in [-0.4, -0.2) is 58.5 Å². The topological polar surface area (TPSA) is 68.2 Å². The highest BCUT2D eigenvalue weighted by molar-refractivity contribution is 5.98. The standard InChI is InChI=1S/C23H38N4O2/c1-6-26(13-11-18(4)5)16-21-20(9-7-17(2)3)24-22-15-19(12-14-27(21)22)8-10-23(28)25-29/h8,10,12,14-15,17-18,20-21,29H,6-7,9,11,13,16H2,1-5H3,(H,25,28)/b10-8+. The first-order chi connectivity index (χ1) is 13.8. The number of hydrogen-bond donors (Lipinski definition) is 2. The quantitative estimate of drug-likeness (QED) is 0.314. The molecule has 2 aliphatic heterocycles. The Morgan fingerprint density at radius 2 is 2.03 bits per heavy atom. The van der Waals surface area contributed by atoms with Gasteiger partial charge in [-0.05, 0) is 68.0 Å². The van der Waals surface area contributed by atoms with Crippen molar-refractivity contribution < 1.29 is 10.0 Å². The van der Waals surface area contributed by atoms with E-state index in [2.05, 4.69) is 50.6 Å². The second-order valence-corrected chi connectivity index (χ2v) is 8.85. The number of carbonyl (C=O) groups is 1. The van der Waals surface area contributed by atoms with E-state index in [4.69, 9.17) is 10.2 Å². The van der Waals surface area contributed by atoms with E-state index in [1.165, 1.54) is 18.9 Å². The molecule has 6 nitrogen and oxygen atoms in total. The minimum absolute atomic E-state index is 0.283. The molecule has 0 radical (unpaired) electrons. The first kappa shape index (κ1) is 23.4. The molecule has 2 N–H and O–H groups in total. The summed E-state index contributed by atoms with van der Waals surface area (Å²) in [6.45, 7) is 14.5. The zero-order valence-electron chi connectivity index (χ0n) is 18.6. The Bertz CT molecular complexity index is 664. The maximum absolute atomic E-state index is 11.3. The number of carbonyl (C=O) groups excluding carboxylic acids is 1. The van der Waals surface area contributed by atoms with Gasteiger partial charge in [0.05, 0.1) is 12.1 Å². The van der Waals surface area contributed by atoms with E-state index in [1.54, 1.807) is 11.6 Å². The minimum Gasteiger partial charge on any atom is -0.327 e. The van der Waals surface area contributed by atoms with E-state index in [0.717, 1.165) is 37.5 Å². The molecule has 0 saturated carbocycles. The number of rotatable bonds is 11. The fourth-order valence-corrected chi connectivity index (χ4v) is 3.71. The molecule has 0 aliphatic carbocycles. The van der Waals surface area contributed by atoms with Gasteiger partial charge >= 0.3 is 0 Å². The van der Waals surface area contributed by atoms with Crippen molar-refractivity contribution in [3.05, 3.63) is 36.1 Å². The molecule has 162 valence electrons. The monoisotopic (exact) mass is 402 g/mol. The van der Waals surface area contributed by atoms with E-state index in [-0.39, 0.29) is 6.04 Å². The minimum atomic E-state index is -0.536. The largest absolute Gasteiger partial charge is 0.327 e. The first-order valence-corrected chi connectivity index (χ1v) is 10.9. The van der Waals surface area contributed by atoms with E-state index >= 15 is 0 Å². The fraction of sp³-hybridized carbons (Fsp3) is 0.652. The molecule has 2 unspecified atom stereocenters. The van der Waals surface area contributed by atoms with Crippen LogP contribution in [0, 0.1) is 11.8 Å². The van der Waals surface area contributed by atoms with Crippen molar-refractivity contribution in [1.82, 2.24) is 15.3 Å². The lowest BCUT2D eigenvalue weighted by molar-refractivity contribution is -0.124. The third kappa shape index (κ3) is 7.12. The van der Waals surface area contributed by atoms with Gasteiger partial charge in [-0.3, -0.25) is 15.0 Å². The SMILES string of the molecule is CCN(CCC(C)C)CC1C(CCC(C)C)N=C2C=C(/C=C/C(=O)NO)C=CN21. The van der Waals surface area contributed by atoms with Gasteiger partial charge in [0.1, 0.15) is 5.84 Å². The van der Waals surface area contributed by atoms with Gasteiger partial charge in [-0.15, -0.1) is 0 Å². The predicted molar refractivity (Wildman–Crippen MR) is 119 cm³/mol. The van der Waals surface area contributed by atoms with Crippen LogP contribution in [0.3, 0.4) is 0 Å². The number of nitrogens with one attached hydrogen (secondary N) is 1. The van der Waals surface area contributed by atoms with Crippen LogP contribution in [0.1, 0.15) is 53.9 Å². The van der Waals surface area contributed by atoms with Gasteiger partial charge in [0, 0.05) is 18.8 Å². The summed E-state index contributed by atoms with van der Waals surface area (Å²) in [5.74, 6) is 1.81. The molecule has 0 aromatic rings. The molecule has 2 aliphatic rings. The van der Waals surface area contributed by atoms with Crippen LogP contribution in [-0.2, 0) is 4.79 Å². The molecule has 0 aromatic carbocycles. The summed E-state index contributed by atoms with van der Waals surface area (Å²) in [7, 11) is 0. The Morgan fingerprint density at radius 3 is 2.66 bits per heavy atom. The highest BCUT2D eigenvalue weighted by Crippen LogP contribution is 2.28. The smallest absolute Gasteiger partial charge is 0.267 e. The number of aliphatic imine (C=N–C) groups is 1. The average Bonchev–Trinajstić information content (AvgIpc) is 3.03. The lowest BCUT2D eigenvalue weighted by Gasteiger charge is -2.33. The Morgan fingerprint density at radius 1 is 1.31 bits per heavy atom. The van der Waals surface area contributed by atoms with Crippen molar-refractivity contribution in [3.8, 4) is 0 Å². The molecule has 29 heavy (non-hydrogen) atoms.